The number of para-hydroxylation sites is 1. The zero-order valence-corrected chi connectivity index (χ0v) is 12.7. The van der Waals surface area contributed by atoms with Crippen molar-refractivity contribution < 1.29 is 13.2 Å². The van der Waals surface area contributed by atoms with Crippen LogP contribution in [0.15, 0.2) is 30.5 Å². The van der Waals surface area contributed by atoms with Crippen LogP contribution in [0.2, 0.25) is 0 Å². The highest BCUT2D eigenvalue weighted by atomic mass is 32.2. The Kier molecular flexibility index (Phi) is 3.59. The number of benzene rings is 1. The van der Waals surface area contributed by atoms with Crippen molar-refractivity contribution >= 4 is 26.5 Å². The summed E-state index contributed by atoms with van der Waals surface area (Å²) in [6.45, 7) is 0.238. The molecule has 3 rings (SSSR count). The monoisotopic (exact) mass is 306 g/mol. The van der Waals surface area contributed by atoms with Crippen molar-refractivity contribution in [1.82, 2.24) is 9.88 Å². The van der Waals surface area contributed by atoms with Crippen LogP contribution in [-0.2, 0) is 9.84 Å². The minimum atomic E-state index is -2.92. The molecule has 1 aromatic carbocycles. The normalized spacial score (nSPS) is 21.1. The van der Waals surface area contributed by atoms with Gasteiger partial charge in [-0.15, -0.1) is 0 Å². The molecule has 1 atom stereocenters. The molecule has 0 saturated carbocycles. The number of aromatic amines is 1. The van der Waals surface area contributed by atoms with Crippen LogP contribution < -0.4 is 0 Å². The zero-order valence-electron chi connectivity index (χ0n) is 11.9. The number of Topliss-reactive ketones (excluding diaryl/α,β-unsaturated/α-hetero) is 1. The Balaban J connectivity index is 1.74. The number of nitrogens with zero attached hydrogens (tertiary/aromatic N) is 1. The molecule has 2 heterocycles. The second kappa shape index (κ2) is 5.27. The predicted molar refractivity (Wildman–Crippen MR) is 82.3 cm³/mol. The molecule has 1 aliphatic heterocycles. The Labute approximate surface area is 123 Å². The number of carbonyl (C=O) groups is 1. The summed E-state index contributed by atoms with van der Waals surface area (Å²) in [7, 11) is -1.11. The molecule has 1 aliphatic rings. The maximum Gasteiger partial charge on any atom is 0.178 e. The van der Waals surface area contributed by atoms with Crippen LogP contribution in [0.5, 0.6) is 0 Å². The van der Waals surface area contributed by atoms with E-state index < -0.39 is 9.84 Å². The number of likely N-dealkylation sites (N-methyl/N-ethyl adjacent to an activating group) is 1. The summed E-state index contributed by atoms with van der Waals surface area (Å²) in [4.78, 5) is 17.4. The third-order valence-corrected chi connectivity index (χ3v) is 5.86. The summed E-state index contributed by atoms with van der Waals surface area (Å²) >= 11 is 0. The van der Waals surface area contributed by atoms with E-state index in [0.29, 0.717) is 12.0 Å². The SMILES string of the molecule is CN(CC(=O)c1c[nH]c2ccccc12)C1CCS(=O)(=O)C1. The van der Waals surface area contributed by atoms with Crippen molar-refractivity contribution in [3.63, 3.8) is 0 Å². The van der Waals surface area contributed by atoms with E-state index in [1.165, 1.54) is 0 Å². The topological polar surface area (TPSA) is 70.2 Å². The summed E-state index contributed by atoms with van der Waals surface area (Å²) in [6.07, 6.45) is 2.34. The molecule has 0 bridgehead atoms. The molecule has 1 unspecified atom stereocenters. The molecule has 0 spiro atoms. The van der Waals surface area contributed by atoms with E-state index in [0.717, 1.165) is 10.9 Å². The van der Waals surface area contributed by atoms with Gasteiger partial charge in [0.05, 0.1) is 18.1 Å². The van der Waals surface area contributed by atoms with E-state index in [9.17, 15) is 13.2 Å². The number of hydrogen-bond acceptors (Lipinski definition) is 4. The lowest BCUT2D eigenvalue weighted by Crippen LogP contribution is -2.36. The van der Waals surface area contributed by atoms with Crippen LogP contribution in [0.1, 0.15) is 16.8 Å². The van der Waals surface area contributed by atoms with E-state index in [2.05, 4.69) is 4.98 Å². The largest absolute Gasteiger partial charge is 0.360 e. The van der Waals surface area contributed by atoms with Gasteiger partial charge in [0.25, 0.3) is 0 Å². The number of rotatable bonds is 4. The first kappa shape index (κ1) is 14.3. The molecule has 6 heteroatoms. The van der Waals surface area contributed by atoms with Crippen LogP contribution in [0, 0.1) is 0 Å². The average Bonchev–Trinajstić information content (AvgIpc) is 3.01. The molecule has 112 valence electrons. The van der Waals surface area contributed by atoms with Crippen molar-refractivity contribution in [2.45, 2.75) is 12.5 Å². The van der Waals surface area contributed by atoms with Gasteiger partial charge in [-0.3, -0.25) is 9.69 Å². The number of hydrogen-bond donors (Lipinski definition) is 1. The van der Waals surface area contributed by atoms with E-state index in [1.807, 2.05) is 36.2 Å². The third kappa shape index (κ3) is 2.87. The molecule has 1 aromatic heterocycles. The van der Waals surface area contributed by atoms with Crippen LogP contribution in [0.3, 0.4) is 0 Å². The number of aromatic nitrogens is 1. The average molecular weight is 306 g/mol. The highest BCUT2D eigenvalue weighted by Crippen LogP contribution is 2.20. The van der Waals surface area contributed by atoms with Crippen LogP contribution in [0.4, 0.5) is 0 Å². The first-order valence-corrected chi connectivity index (χ1v) is 8.78. The zero-order chi connectivity index (χ0) is 15.0. The summed E-state index contributed by atoms with van der Waals surface area (Å²) in [5, 5.41) is 0.912. The van der Waals surface area contributed by atoms with Crippen molar-refractivity contribution in [2.75, 3.05) is 25.1 Å². The van der Waals surface area contributed by atoms with Gasteiger partial charge in [-0.05, 0) is 19.5 Å². The lowest BCUT2D eigenvalue weighted by molar-refractivity contribution is 0.0928. The second-order valence-electron chi connectivity index (χ2n) is 5.64. The summed E-state index contributed by atoms with van der Waals surface area (Å²) in [5.74, 6) is 0.396. The Morgan fingerprint density at radius 3 is 2.86 bits per heavy atom. The fourth-order valence-electron chi connectivity index (χ4n) is 2.87. The maximum absolute atomic E-state index is 12.4. The molecule has 2 aromatic rings. The number of H-pyrrole nitrogens is 1. The Bertz CT molecular complexity index is 779. The first-order chi connectivity index (χ1) is 9.96. The predicted octanol–water partition coefficient (Wildman–Crippen LogP) is 1.47. The Hall–Kier alpha value is -1.66. The molecule has 0 radical (unpaired) electrons. The molecule has 1 N–H and O–H groups in total. The lowest BCUT2D eigenvalue weighted by Gasteiger charge is -2.21. The number of sulfone groups is 1. The molecule has 1 saturated heterocycles. The Morgan fingerprint density at radius 2 is 2.14 bits per heavy atom. The fourth-order valence-corrected chi connectivity index (χ4v) is 4.67. The number of ketones is 1. The number of carbonyl (C=O) groups excluding carboxylic acids is 1. The fraction of sp³-hybridized carbons (Fsp3) is 0.400. The van der Waals surface area contributed by atoms with Crippen molar-refractivity contribution in [2.24, 2.45) is 0 Å². The van der Waals surface area contributed by atoms with Crippen LogP contribution >= 0.6 is 0 Å². The Morgan fingerprint density at radius 1 is 1.38 bits per heavy atom. The quantitative estimate of drug-likeness (QED) is 0.868. The van der Waals surface area contributed by atoms with Crippen LogP contribution in [0.25, 0.3) is 10.9 Å². The second-order valence-corrected chi connectivity index (χ2v) is 7.87. The van der Waals surface area contributed by atoms with Gasteiger partial charge in [0.1, 0.15) is 0 Å². The van der Waals surface area contributed by atoms with Gasteiger partial charge < -0.3 is 4.98 Å². The summed E-state index contributed by atoms with van der Waals surface area (Å²) < 4.78 is 23.0. The van der Waals surface area contributed by atoms with Crippen molar-refractivity contribution in [3.05, 3.63) is 36.0 Å². The number of fused-ring (bicyclic) bond motifs is 1. The van der Waals surface area contributed by atoms with Crippen molar-refractivity contribution in [1.29, 1.82) is 0 Å². The van der Waals surface area contributed by atoms with Gasteiger partial charge >= 0.3 is 0 Å². The molecule has 0 aliphatic carbocycles. The minimum absolute atomic E-state index is 0.0132. The standard InChI is InChI=1S/C15H18N2O3S/c1-17(11-6-7-21(19,20)10-11)9-15(18)13-8-16-14-5-3-2-4-12(13)14/h2-5,8,11,16H,6-7,9-10H2,1H3. The van der Waals surface area contributed by atoms with Gasteiger partial charge in [0.15, 0.2) is 15.6 Å². The van der Waals surface area contributed by atoms with E-state index in [1.54, 1.807) is 6.20 Å². The van der Waals surface area contributed by atoms with Crippen molar-refractivity contribution in [3.8, 4) is 0 Å². The molecular weight excluding hydrogens is 288 g/mol. The van der Waals surface area contributed by atoms with Gasteiger partial charge in [0, 0.05) is 28.7 Å². The highest BCUT2D eigenvalue weighted by Gasteiger charge is 2.31. The first-order valence-electron chi connectivity index (χ1n) is 6.96. The molecule has 0 amide bonds. The summed E-state index contributed by atoms with van der Waals surface area (Å²) in [6, 6.07) is 7.62. The van der Waals surface area contributed by atoms with Gasteiger partial charge in [0.2, 0.25) is 0 Å². The smallest absolute Gasteiger partial charge is 0.178 e. The molecule has 1 fully saturated rings. The number of nitrogens with one attached hydrogen (secondary N) is 1. The lowest BCUT2D eigenvalue weighted by atomic mass is 10.1. The van der Waals surface area contributed by atoms with Gasteiger partial charge in [-0.1, -0.05) is 18.2 Å². The third-order valence-electron chi connectivity index (χ3n) is 4.11. The minimum Gasteiger partial charge on any atom is -0.360 e. The maximum atomic E-state index is 12.4. The highest BCUT2D eigenvalue weighted by molar-refractivity contribution is 7.91. The van der Waals surface area contributed by atoms with Gasteiger partial charge in [-0.2, -0.15) is 0 Å². The van der Waals surface area contributed by atoms with Gasteiger partial charge in [-0.25, -0.2) is 8.42 Å². The molecule has 5 nitrogen and oxygen atoms in total. The van der Waals surface area contributed by atoms with E-state index >= 15 is 0 Å². The molecular formula is C15H18N2O3S. The van der Waals surface area contributed by atoms with E-state index in [4.69, 9.17) is 0 Å². The summed E-state index contributed by atoms with van der Waals surface area (Å²) in [5.41, 5.74) is 1.60. The van der Waals surface area contributed by atoms with Crippen LogP contribution in [-0.4, -0.2) is 55.2 Å². The molecule has 21 heavy (non-hydrogen) atoms. The van der Waals surface area contributed by atoms with E-state index in [-0.39, 0.29) is 29.9 Å².